The van der Waals surface area contributed by atoms with Crippen LogP contribution >= 0.6 is 0 Å². The third kappa shape index (κ3) is 5.72. The lowest BCUT2D eigenvalue weighted by Crippen LogP contribution is -2.32. The summed E-state index contributed by atoms with van der Waals surface area (Å²) in [6.45, 7) is 3.14. The minimum absolute atomic E-state index is 0.000250. The molecule has 1 aromatic heterocycles. The van der Waals surface area contributed by atoms with E-state index in [9.17, 15) is 18.4 Å². The molecule has 2 N–H and O–H groups in total. The second-order valence-corrected chi connectivity index (χ2v) is 8.73. The molecule has 0 amide bonds. The highest BCUT2D eigenvalue weighted by Crippen LogP contribution is 2.40. The van der Waals surface area contributed by atoms with Crippen molar-refractivity contribution < 1.29 is 27.8 Å². The molecule has 0 aliphatic carbocycles. The SMILES string of the molecule is COC(=O)C1=C(C)NC(C)=C(C(=O)OCC=Cc2ccc(Cc3ncc[nH]3)cc2)C1c1cccc(F)c1F. The van der Waals surface area contributed by atoms with Gasteiger partial charge in [-0.15, -0.1) is 0 Å². The molecule has 0 saturated carbocycles. The first kappa shape index (κ1) is 26.5. The quantitative estimate of drug-likeness (QED) is 0.410. The van der Waals surface area contributed by atoms with Crippen LogP contribution in [0.25, 0.3) is 6.08 Å². The minimum atomic E-state index is -1.21. The van der Waals surface area contributed by atoms with E-state index in [-0.39, 0.29) is 23.3 Å². The summed E-state index contributed by atoms with van der Waals surface area (Å²) in [4.78, 5) is 33.1. The molecule has 4 rings (SSSR count). The summed E-state index contributed by atoms with van der Waals surface area (Å²) < 4.78 is 39.4. The van der Waals surface area contributed by atoms with Gasteiger partial charge in [0.25, 0.3) is 0 Å². The Kier molecular flexibility index (Phi) is 8.15. The number of carbonyl (C=O) groups is 2. The van der Waals surface area contributed by atoms with E-state index >= 15 is 0 Å². The molecular weight excluding hydrogens is 492 g/mol. The maximum Gasteiger partial charge on any atom is 0.337 e. The van der Waals surface area contributed by atoms with E-state index in [1.807, 2.05) is 24.3 Å². The molecule has 9 heteroatoms. The largest absolute Gasteiger partial charge is 0.466 e. The van der Waals surface area contributed by atoms with Gasteiger partial charge in [0.1, 0.15) is 12.4 Å². The molecule has 2 aromatic carbocycles. The number of hydrogen-bond donors (Lipinski definition) is 2. The smallest absolute Gasteiger partial charge is 0.337 e. The lowest BCUT2D eigenvalue weighted by Gasteiger charge is -2.30. The number of methoxy groups -OCH3 is 1. The molecule has 0 radical (unpaired) electrons. The highest BCUT2D eigenvalue weighted by molar-refractivity contribution is 5.99. The number of carbonyl (C=O) groups excluding carboxylic acids is 2. The Hall–Kier alpha value is -4.53. The number of aromatic amines is 1. The van der Waals surface area contributed by atoms with Crippen molar-refractivity contribution in [3.05, 3.63) is 118 Å². The number of ether oxygens (including phenoxy) is 2. The number of imidazole rings is 1. The van der Waals surface area contributed by atoms with Gasteiger partial charge in [-0.3, -0.25) is 0 Å². The Bertz CT molecular complexity index is 1420. The number of nitrogens with one attached hydrogen (secondary N) is 2. The third-order valence-electron chi connectivity index (χ3n) is 6.21. The maximum atomic E-state index is 14.9. The topological polar surface area (TPSA) is 93.3 Å². The van der Waals surface area contributed by atoms with Crippen molar-refractivity contribution in [2.75, 3.05) is 13.7 Å². The van der Waals surface area contributed by atoms with Crippen molar-refractivity contribution in [1.29, 1.82) is 0 Å². The molecular formula is C29H27F2N3O4. The normalized spacial score (nSPS) is 15.6. The second-order valence-electron chi connectivity index (χ2n) is 8.73. The Morgan fingerprint density at radius 3 is 2.39 bits per heavy atom. The van der Waals surface area contributed by atoms with Gasteiger partial charge in [0.2, 0.25) is 0 Å². The lowest BCUT2D eigenvalue weighted by molar-refractivity contribution is -0.138. The lowest BCUT2D eigenvalue weighted by atomic mass is 9.80. The van der Waals surface area contributed by atoms with Gasteiger partial charge in [-0.2, -0.15) is 0 Å². The van der Waals surface area contributed by atoms with E-state index in [1.54, 1.807) is 38.4 Å². The predicted octanol–water partition coefficient (Wildman–Crippen LogP) is 4.94. The Morgan fingerprint density at radius 1 is 1.03 bits per heavy atom. The molecule has 1 aliphatic heterocycles. The van der Waals surface area contributed by atoms with Crippen LogP contribution in [-0.4, -0.2) is 35.6 Å². The fourth-order valence-electron chi connectivity index (χ4n) is 4.42. The van der Waals surface area contributed by atoms with Crippen LogP contribution < -0.4 is 5.32 Å². The van der Waals surface area contributed by atoms with E-state index < -0.39 is 29.5 Å². The Balaban J connectivity index is 1.51. The summed E-state index contributed by atoms with van der Waals surface area (Å²) in [5.41, 5.74) is 2.57. The summed E-state index contributed by atoms with van der Waals surface area (Å²) in [5.74, 6) is -4.11. The monoisotopic (exact) mass is 519 g/mol. The van der Waals surface area contributed by atoms with Crippen molar-refractivity contribution >= 4 is 18.0 Å². The number of hydrogen-bond acceptors (Lipinski definition) is 6. The number of benzene rings is 2. The molecule has 2 heterocycles. The van der Waals surface area contributed by atoms with Crippen LogP contribution in [0, 0.1) is 11.6 Å². The highest BCUT2D eigenvalue weighted by atomic mass is 19.2. The van der Waals surface area contributed by atoms with Crippen LogP contribution in [0.2, 0.25) is 0 Å². The number of aromatic nitrogens is 2. The number of allylic oxidation sites excluding steroid dienone is 2. The molecule has 0 spiro atoms. The minimum Gasteiger partial charge on any atom is -0.466 e. The van der Waals surface area contributed by atoms with Crippen molar-refractivity contribution in [2.24, 2.45) is 0 Å². The van der Waals surface area contributed by atoms with Gasteiger partial charge in [0.15, 0.2) is 11.6 Å². The summed E-state index contributed by atoms with van der Waals surface area (Å²) in [5, 5.41) is 2.96. The predicted molar refractivity (Wildman–Crippen MR) is 137 cm³/mol. The first-order chi connectivity index (χ1) is 18.3. The molecule has 38 heavy (non-hydrogen) atoms. The zero-order chi connectivity index (χ0) is 27.2. The van der Waals surface area contributed by atoms with Crippen LogP contribution in [-0.2, 0) is 25.5 Å². The molecule has 1 unspecified atom stereocenters. The molecule has 196 valence electrons. The Morgan fingerprint density at radius 2 is 1.74 bits per heavy atom. The van der Waals surface area contributed by atoms with Crippen molar-refractivity contribution in [2.45, 2.75) is 26.2 Å². The molecule has 3 aromatic rings. The van der Waals surface area contributed by atoms with Gasteiger partial charge in [0.05, 0.1) is 24.2 Å². The van der Waals surface area contributed by atoms with Crippen LogP contribution in [0.4, 0.5) is 8.78 Å². The average Bonchev–Trinajstić information content (AvgIpc) is 3.41. The molecule has 1 aliphatic rings. The van der Waals surface area contributed by atoms with Gasteiger partial charge >= 0.3 is 11.9 Å². The second kappa shape index (κ2) is 11.7. The van der Waals surface area contributed by atoms with Crippen molar-refractivity contribution in [3.63, 3.8) is 0 Å². The van der Waals surface area contributed by atoms with E-state index in [1.165, 1.54) is 19.2 Å². The third-order valence-corrected chi connectivity index (χ3v) is 6.21. The van der Waals surface area contributed by atoms with Crippen LogP contribution in [0.5, 0.6) is 0 Å². The van der Waals surface area contributed by atoms with Crippen molar-refractivity contribution in [1.82, 2.24) is 15.3 Å². The molecule has 7 nitrogen and oxygen atoms in total. The van der Waals surface area contributed by atoms with E-state index in [0.717, 1.165) is 23.0 Å². The number of rotatable bonds is 8. The molecule has 0 saturated heterocycles. The average molecular weight is 520 g/mol. The fourth-order valence-corrected chi connectivity index (χ4v) is 4.42. The highest BCUT2D eigenvalue weighted by Gasteiger charge is 2.39. The van der Waals surface area contributed by atoms with Gasteiger partial charge < -0.3 is 19.8 Å². The zero-order valence-electron chi connectivity index (χ0n) is 21.2. The Labute approximate surface area is 218 Å². The number of halogens is 2. The summed E-state index contributed by atoms with van der Waals surface area (Å²) in [6.07, 6.45) is 7.65. The first-order valence-corrected chi connectivity index (χ1v) is 11.9. The zero-order valence-corrected chi connectivity index (χ0v) is 21.2. The molecule has 1 atom stereocenters. The van der Waals surface area contributed by atoms with Crippen LogP contribution in [0.3, 0.4) is 0 Å². The number of dihydropyridines is 1. The fraction of sp³-hybridized carbons (Fsp3) is 0.207. The van der Waals surface area contributed by atoms with Crippen molar-refractivity contribution in [3.8, 4) is 0 Å². The number of nitrogens with zero attached hydrogens (tertiary/aromatic N) is 1. The van der Waals surface area contributed by atoms with E-state index in [4.69, 9.17) is 9.47 Å². The van der Waals surface area contributed by atoms with Crippen LogP contribution in [0.15, 0.2) is 83.5 Å². The molecule has 0 bridgehead atoms. The van der Waals surface area contributed by atoms with Gasteiger partial charge in [0, 0.05) is 35.8 Å². The summed E-state index contributed by atoms with van der Waals surface area (Å²) in [7, 11) is 1.18. The number of esters is 2. The standard InChI is InChI=1S/C29H27F2N3O4/c1-17-24(28(35)37-3)26(21-7-4-8-22(30)27(21)31)25(18(2)34-17)29(36)38-15-5-6-19-9-11-20(12-10-19)16-23-32-13-14-33-23/h4-14,26,34H,15-16H2,1-3H3,(H,32,33). The first-order valence-electron chi connectivity index (χ1n) is 11.9. The molecule has 0 fully saturated rings. The number of H-pyrrole nitrogens is 1. The summed E-state index contributed by atoms with van der Waals surface area (Å²) >= 11 is 0. The summed E-state index contributed by atoms with van der Waals surface area (Å²) in [6, 6.07) is 11.5. The van der Waals surface area contributed by atoms with Gasteiger partial charge in [-0.05, 0) is 37.1 Å². The van der Waals surface area contributed by atoms with E-state index in [0.29, 0.717) is 17.8 Å². The van der Waals surface area contributed by atoms with E-state index in [2.05, 4.69) is 15.3 Å². The maximum absolute atomic E-state index is 14.9. The van der Waals surface area contributed by atoms with Gasteiger partial charge in [-0.1, -0.05) is 42.5 Å². The van der Waals surface area contributed by atoms with Crippen LogP contribution in [0.1, 0.15) is 42.3 Å². The van der Waals surface area contributed by atoms with Gasteiger partial charge in [-0.25, -0.2) is 23.4 Å².